The smallest absolute Gasteiger partial charge is 0.309 e. The first-order chi connectivity index (χ1) is 13.4. The standard InChI is InChI=1S/C20H23BrNO5P/c1-3-26-28(25,27-4-2)13-6-5-12-22-19(23)15-9-7-8-14-17(21)11-10-16(18(14)15)20(22)24/h7-11H,3-6,12-13H2,1-2H3. The summed E-state index contributed by atoms with van der Waals surface area (Å²) >= 11 is 3.48. The first kappa shape index (κ1) is 21.2. The molecule has 0 unspecified atom stereocenters. The van der Waals surface area contributed by atoms with Crippen molar-refractivity contribution in [2.24, 2.45) is 0 Å². The third kappa shape index (κ3) is 4.08. The second-order valence-electron chi connectivity index (χ2n) is 6.46. The molecule has 0 aromatic heterocycles. The Hall–Kier alpha value is -1.53. The van der Waals surface area contributed by atoms with E-state index in [0.717, 1.165) is 9.86 Å². The molecule has 0 spiro atoms. The quantitative estimate of drug-likeness (QED) is 0.286. The lowest BCUT2D eigenvalue weighted by Gasteiger charge is -2.27. The van der Waals surface area contributed by atoms with Gasteiger partial charge in [-0.25, -0.2) is 0 Å². The molecular weight excluding hydrogens is 445 g/mol. The van der Waals surface area contributed by atoms with Crippen LogP contribution in [0.2, 0.25) is 0 Å². The molecule has 1 heterocycles. The molecule has 0 radical (unpaired) electrons. The normalized spacial score (nSPS) is 14.2. The minimum Gasteiger partial charge on any atom is -0.309 e. The Bertz CT molecular complexity index is 929. The number of nitrogens with zero attached hydrogens (tertiary/aromatic N) is 1. The summed E-state index contributed by atoms with van der Waals surface area (Å²) in [4.78, 5) is 27.1. The van der Waals surface area contributed by atoms with Crippen molar-refractivity contribution in [3.63, 3.8) is 0 Å². The maximum atomic E-state index is 12.9. The van der Waals surface area contributed by atoms with E-state index in [2.05, 4.69) is 15.9 Å². The molecule has 6 nitrogen and oxygen atoms in total. The third-order valence-corrected chi connectivity index (χ3v) is 7.51. The zero-order chi connectivity index (χ0) is 20.3. The molecule has 2 amide bonds. The number of carbonyl (C=O) groups is 2. The van der Waals surface area contributed by atoms with Crippen molar-refractivity contribution in [3.05, 3.63) is 45.9 Å². The lowest BCUT2D eigenvalue weighted by Crippen LogP contribution is -2.40. The van der Waals surface area contributed by atoms with Crippen LogP contribution in [0.1, 0.15) is 47.4 Å². The molecule has 8 heteroatoms. The van der Waals surface area contributed by atoms with Crippen LogP contribution in [0.3, 0.4) is 0 Å². The van der Waals surface area contributed by atoms with E-state index >= 15 is 0 Å². The SMILES string of the molecule is CCOP(=O)(CCCCN1C(=O)c2cccc3c(Br)ccc(c23)C1=O)OCC. The lowest BCUT2D eigenvalue weighted by molar-refractivity contribution is 0.0608. The molecule has 0 N–H and O–H groups in total. The largest absolute Gasteiger partial charge is 0.330 e. The molecule has 0 saturated carbocycles. The van der Waals surface area contributed by atoms with Crippen LogP contribution in [-0.2, 0) is 13.6 Å². The fourth-order valence-corrected chi connectivity index (χ4v) is 5.64. The van der Waals surface area contributed by atoms with Crippen molar-refractivity contribution in [1.29, 1.82) is 0 Å². The third-order valence-electron chi connectivity index (χ3n) is 4.65. The number of halogens is 1. The minimum atomic E-state index is -3.11. The van der Waals surface area contributed by atoms with Gasteiger partial charge in [-0.15, -0.1) is 0 Å². The van der Waals surface area contributed by atoms with E-state index in [9.17, 15) is 14.2 Å². The van der Waals surface area contributed by atoms with Gasteiger partial charge in [-0.1, -0.05) is 28.1 Å². The van der Waals surface area contributed by atoms with Gasteiger partial charge in [0.15, 0.2) is 0 Å². The summed E-state index contributed by atoms with van der Waals surface area (Å²) in [6, 6.07) is 9.03. The van der Waals surface area contributed by atoms with Crippen LogP contribution in [-0.4, -0.2) is 42.6 Å². The summed E-state index contributed by atoms with van der Waals surface area (Å²) in [6.45, 7) is 4.44. The Balaban J connectivity index is 1.73. The second-order valence-corrected chi connectivity index (χ2v) is 9.50. The van der Waals surface area contributed by atoms with Gasteiger partial charge >= 0.3 is 7.60 Å². The summed E-state index contributed by atoms with van der Waals surface area (Å²) in [5.74, 6) is -0.585. The van der Waals surface area contributed by atoms with E-state index < -0.39 is 7.60 Å². The van der Waals surface area contributed by atoms with Crippen LogP contribution in [0, 0.1) is 0 Å². The molecule has 150 valence electrons. The van der Waals surface area contributed by atoms with E-state index in [1.165, 1.54) is 4.90 Å². The summed E-state index contributed by atoms with van der Waals surface area (Å²) in [7, 11) is -3.11. The van der Waals surface area contributed by atoms with Crippen LogP contribution in [0.4, 0.5) is 0 Å². The maximum absolute atomic E-state index is 12.9. The van der Waals surface area contributed by atoms with Gasteiger partial charge in [0.1, 0.15) is 0 Å². The van der Waals surface area contributed by atoms with Crippen molar-refractivity contribution >= 4 is 46.1 Å². The highest BCUT2D eigenvalue weighted by molar-refractivity contribution is 9.10. The number of hydrogen-bond donors (Lipinski definition) is 0. The van der Waals surface area contributed by atoms with Crippen LogP contribution < -0.4 is 0 Å². The molecule has 1 aliphatic rings. The Kier molecular flexibility index (Phi) is 6.71. The van der Waals surface area contributed by atoms with E-state index in [1.54, 1.807) is 26.0 Å². The van der Waals surface area contributed by atoms with Crippen LogP contribution >= 0.6 is 23.5 Å². The van der Waals surface area contributed by atoms with E-state index in [0.29, 0.717) is 42.6 Å². The number of amides is 2. The molecule has 0 atom stereocenters. The number of carbonyl (C=O) groups excluding carboxylic acids is 2. The maximum Gasteiger partial charge on any atom is 0.330 e. The molecule has 3 rings (SSSR count). The zero-order valence-electron chi connectivity index (χ0n) is 15.9. The molecule has 2 aromatic carbocycles. The molecule has 1 aliphatic heterocycles. The van der Waals surface area contributed by atoms with Crippen molar-refractivity contribution in [1.82, 2.24) is 4.90 Å². The summed E-state index contributed by atoms with van der Waals surface area (Å²) in [5.41, 5.74) is 1.06. The number of unbranched alkanes of at least 4 members (excludes halogenated alkanes) is 1. The van der Waals surface area contributed by atoms with Crippen LogP contribution in [0.25, 0.3) is 10.8 Å². The number of rotatable bonds is 9. The van der Waals surface area contributed by atoms with Crippen molar-refractivity contribution in [3.8, 4) is 0 Å². The summed E-state index contributed by atoms with van der Waals surface area (Å²) < 4.78 is 23.9. The summed E-state index contributed by atoms with van der Waals surface area (Å²) in [6.07, 6.45) is 1.33. The van der Waals surface area contributed by atoms with Gasteiger partial charge in [0.05, 0.1) is 19.4 Å². The predicted octanol–water partition coefficient (Wildman–Crippen LogP) is 5.24. The van der Waals surface area contributed by atoms with Crippen molar-refractivity contribution < 1.29 is 23.2 Å². The average molecular weight is 468 g/mol. The minimum absolute atomic E-state index is 0.266. The number of hydrogen-bond acceptors (Lipinski definition) is 5. The van der Waals surface area contributed by atoms with E-state index in [-0.39, 0.29) is 24.5 Å². The highest BCUT2D eigenvalue weighted by Crippen LogP contribution is 2.48. The van der Waals surface area contributed by atoms with Crippen molar-refractivity contribution in [2.75, 3.05) is 25.9 Å². The van der Waals surface area contributed by atoms with Gasteiger partial charge in [-0.3, -0.25) is 19.1 Å². The predicted molar refractivity (Wildman–Crippen MR) is 112 cm³/mol. The van der Waals surface area contributed by atoms with Gasteiger partial charge in [0.25, 0.3) is 11.8 Å². The summed E-state index contributed by atoms with van der Waals surface area (Å²) in [5, 5.41) is 1.55. The van der Waals surface area contributed by atoms with Crippen LogP contribution in [0.15, 0.2) is 34.8 Å². The Labute approximate surface area is 172 Å². The first-order valence-electron chi connectivity index (χ1n) is 9.37. The molecule has 0 saturated heterocycles. The molecule has 28 heavy (non-hydrogen) atoms. The highest BCUT2D eigenvalue weighted by Gasteiger charge is 2.33. The molecule has 2 aromatic rings. The average Bonchev–Trinajstić information content (AvgIpc) is 2.67. The fraction of sp³-hybridized carbons (Fsp3) is 0.400. The van der Waals surface area contributed by atoms with Gasteiger partial charge < -0.3 is 9.05 Å². The molecular formula is C20H23BrNO5P. The topological polar surface area (TPSA) is 72.9 Å². The van der Waals surface area contributed by atoms with Gasteiger partial charge in [0.2, 0.25) is 0 Å². The highest BCUT2D eigenvalue weighted by atomic mass is 79.9. The Morgan fingerprint density at radius 1 is 0.964 bits per heavy atom. The van der Waals surface area contributed by atoms with Gasteiger partial charge in [-0.05, 0) is 50.3 Å². The molecule has 0 bridgehead atoms. The lowest BCUT2D eigenvalue weighted by atomic mass is 9.94. The monoisotopic (exact) mass is 467 g/mol. The van der Waals surface area contributed by atoms with Crippen LogP contribution in [0.5, 0.6) is 0 Å². The number of benzene rings is 2. The number of imide groups is 1. The van der Waals surface area contributed by atoms with Crippen molar-refractivity contribution in [2.45, 2.75) is 26.7 Å². The van der Waals surface area contributed by atoms with E-state index in [1.807, 2.05) is 18.2 Å². The van der Waals surface area contributed by atoms with E-state index in [4.69, 9.17) is 9.05 Å². The van der Waals surface area contributed by atoms with Gasteiger partial charge in [-0.2, -0.15) is 0 Å². The van der Waals surface area contributed by atoms with Gasteiger partial charge in [0, 0.05) is 27.5 Å². The first-order valence-corrected chi connectivity index (χ1v) is 11.9. The Morgan fingerprint density at radius 2 is 1.61 bits per heavy atom. The molecule has 0 aliphatic carbocycles. The fourth-order valence-electron chi connectivity index (χ4n) is 3.45. The second kappa shape index (κ2) is 8.87. The zero-order valence-corrected chi connectivity index (χ0v) is 18.4. The molecule has 0 fully saturated rings. The Morgan fingerprint density at radius 3 is 2.25 bits per heavy atom.